The van der Waals surface area contributed by atoms with Crippen molar-refractivity contribution < 1.29 is 4.79 Å². The zero-order chi connectivity index (χ0) is 18.5. The summed E-state index contributed by atoms with van der Waals surface area (Å²) in [5.41, 5.74) is 5.11. The van der Waals surface area contributed by atoms with Crippen LogP contribution < -0.4 is 5.32 Å². The van der Waals surface area contributed by atoms with Gasteiger partial charge in [0, 0.05) is 30.5 Å². The van der Waals surface area contributed by atoms with Crippen LogP contribution in [-0.4, -0.2) is 32.0 Å². The van der Waals surface area contributed by atoms with Crippen LogP contribution in [0.4, 0.5) is 0 Å². The first kappa shape index (κ1) is 17.9. The highest BCUT2D eigenvalue weighted by Crippen LogP contribution is 2.09. The third-order valence-electron chi connectivity index (χ3n) is 4.26. The number of aryl methyl sites for hydroxylation is 4. The molecule has 136 valence electrons. The maximum atomic E-state index is 12.2. The van der Waals surface area contributed by atoms with Gasteiger partial charge in [-0.1, -0.05) is 12.1 Å². The van der Waals surface area contributed by atoms with Gasteiger partial charge in [-0.3, -0.25) is 14.2 Å². The second-order valence-electron chi connectivity index (χ2n) is 6.67. The summed E-state index contributed by atoms with van der Waals surface area (Å²) in [6, 6.07) is 9.77. The van der Waals surface area contributed by atoms with Gasteiger partial charge in [0.2, 0.25) is 0 Å². The van der Waals surface area contributed by atoms with Crippen molar-refractivity contribution in [3.63, 3.8) is 0 Å². The minimum Gasteiger partial charge on any atom is -0.352 e. The Morgan fingerprint density at radius 3 is 2.54 bits per heavy atom. The summed E-state index contributed by atoms with van der Waals surface area (Å²) < 4.78 is 3.87. The number of nitrogens with zero attached hydrogens (tertiary/aromatic N) is 4. The van der Waals surface area contributed by atoms with E-state index in [1.54, 1.807) is 0 Å². The van der Waals surface area contributed by atoms with Crippen LogP contribution >= 0.6 is 0 Å². The molecule has 1 aromatic carbocycles. The van der Waals surface area contributed by atoms with Crippen LogP contribution in [0.15, 0.2) is 42.7 Å². The molecule has 1 amide bonds. The highest BCUT2D eigenvalue weighted by atomic mass is 16.1. The van der Waals surface area contributed by atoms with E-state index < -0.39 is 0 Å². The molecule has 0 saturated heterocycles. The zero-order valence-electron chi connectivity index (χ0n) is 15.6. The number of hydrogen-bond acceptors (Lipinski definition) is 3. The smallest absolute Gasteiger partial charge is 0.251 e. The monoisotopic (exact) mass is 351 g/mol. The van der Waals surface area contributed by atoms with Crippen molar-refractivity contribution in [1.82, 2.24) is 24.9 Å². The molecular weight excluding hydrogens is 326 g/mol. The lowest BCUT2D eigenvalue weighted by molar-refractivity contribution is 0.0952. The van der Waals surface area contributed by atoms with Crippen LogP contribution in [0.1, 0.15) is 39.3 Å². The predicted molar refractivity (Wildman–Crippen MR) is 101 cm³/mol. The minimum atomic E-state index is -0.0423. The Morgan fingerprint density at radius 2 is 1.92 bits per heavy atom. The van der Waals surface area contributed by atoms with Crippen molar-refractivity contribution in [3.05, 3.63) is 70.8 Å². The molecule has 0 unspecified atom stereocenters. The molecule has 26 heavy (non-hydrogen) atoms. The molecule has 3 rings (SSSR count). The van der Waals surface area contributed by atoms with Gasteiger partial charge in [0.05, 0.1) is 18.4 Å². The van der Waals surface area contributed by atoms with Gasteiger partial charge < -0.3 is 5.32 Å². The van der Waals surface area contributed by atoms with Crippen molar-refractivity contribution in [2.75, 3.05) is 6.54 Å². The quantitative estimate of drug-likeness (QED) is 0.666. The SMILES string of the molecule is Cc1cnn(CCCNC(=O)c2ccc(Cn3nc(C)cc3C)cc2)c1. The average molecular weight is 351 g/mol. The second kappa shape index (κ2) is 7.99. The summed E-state index contributed by atoms with van der Waals surface area (Å²) in [7, 11) is 0. The predicted octanol–water partition coefficient (Wildman–Crippen LogP) is 2.87. The summed E-state index contributed by atoms with van der Waals surface area (Å²) in [4.78, 5) is 12.2. The molecule has 6 heteroatoms. The van der Waals surface area contributed by atoms with Crippen LogP contribution in [0.2, 0.25) is 0 Å². The minimum absolute atomic E-state index is 0.0423. The number of aromatic nitrogens is 4. The number of rotatable bonds is 7. The fraction of sp³-hybridized carbons (Fsp3) is 0.350. The normalized spacial score (nSPS) is 10.9. The van der Waals surface area contributed by atoms with E-state index in [2.05, 4.69) is 21.6 Å². The summed E-state index contributed by atoms with van der Waals surface area (Å²) in [6.07, 6.45) is 4.69. The van der Waals surface area contributed by atoms with Crippen molar-refractivity contribution in [2.45, 2.75) is 40.3 Å². The van der Waals surface area contributed by atoms with Crippen molar-refractivity contribution >= 4 is 5.91 Å². The van der Waals surface area contributed by atoms with Crippen LogP contribution in [0.3, 0.4) is 0 Å². The van der Waals surface area contributed by atoms with Crippen molar-refractivity contribution in [3.8, 4) is 0 Å². The number of hydrogen-bond donors (Lipinski definition) is 1. The number of nitrogens with one attached hydrogen (secondary N) is 1. The Labute approximate surface area is 153 Å². The van der Waals surface area contributed by atoms with Gasteiger partial charge in [0.15, 0.2) is 0 Å². The Balaban J connectivity index is 1.48. The summed E-state index contributed by atoms with van der Waals surface area (Å²) in [5, 5.41) is 11.7. The lowest BCUT2D eigenvalue weighted by atomic mass is 10.1. The molecule has 3 aromatic rings. The van der Waals surface area contributed by atoms with E-state index in [0.29, 0.717) is 18.7 Å². The van der Waals surface area contributed by atoms with Crippen LogP contribution in [0.25, 0.3) is 0 Å². The van der Waals surface area contributed by atoms with Gasteiger partial charge in [0.25, 0.3) is 5.91 Å². The average Bonchev–Trinajstić information content (AvgIpc) is 3.17. The van der Waals surface area contributed by atoms with E-state index in [-0.39, 0.29) is 5.91 Å². The maximum Gasteiger partial charge on any atom is 0.251 e. The van der Waals surface area contributed by atoms with E-state index in [4.69, 9.17) is 0 Å². The Morgan fingerprint density at radius 1 is 1.15 bits per heavy atom. The van der Waals surface area contributed by atoms with Gasteiger partial charge in [-0.05, 0) is 56.5 Å². The molecule has 0 radical (unpaired) electrons. The van der Waals surface area contributed by atoms with E-state index in [1.807, 2.05) is 66.8 Å². The molecular formula is C20H25N5O. The molecule has 1 N–H and O–H groups in total. The van der Waals surface area contributed by atoms with Gasteiger partial charge in [-0.2, -0.15) is 10.2 Å². The second-order valence-corrected chi connectivity index (χ2v) is 6.67. The highest BCUT2D eigenvalue weighted by molar-refractivity contribution is 5.94. The molecule has 2 aromatic heterocycles. The van der Waals surface area contributed by atoms with Gasteiger partial charge in [-0.25, -0.2) is 0 Å². The Bertz CT molecular complexity index is 876. The molecule has 0 aliphatic carbocycles. The fourth-order valence-corrected chi connectivity index (χ4v) is 2.90. The topological polar surface area (TPSA) is 64.7 Å². The largest absolute Gasteiger partial charge is 0.352 e. The highest BCUT2D eigenvalue weighted by Gasteiger charge is 2.06. The van der Waals surface area contributed by atoms with Gasteiger partial charge >= 0.3 is 0 Å². The molecule has 6 nitrogen and oxygen atoms in total. The molecule has 0 aliphatic heterocycles. The number of amides is 1. The molecule has 0 fully saturated rings. The Kier molecular flexibility index (Phi) is 5.51. The van der Waals surface area contributed by atoms with E-state index >= 15 is 0 Å². The fourth-order valence-electron chi connectivity index (χ4n) is 2.90. The number of carbonyl (C=O) groups excluding carboxylic acids is 1. The van der Waals surface area contributed by atoms with Crippen molar-refractivity contribution in [2.24, 2.45) is 0 Å². The van der Waals surface area contributed by atoms with Crippen molar-refractivity contribution in [1.29, 1.82) is 0 Å². The van der Waals surface area contributed by atoms with Crippen LogP contribution in [0, 0.1) is 20.8 Å². The molecule has 0 atom stereocenters. The zero-order valence-corrected chi connectivity index (χ0v) is 15.6. The first-order valence-electron chi connectivity index (χ1n) is 8.88. The standard InChI is InChI=1S/C20H25N5O/c1-15-12-22-24(13-15)10-4-9-21-20(26)19-7-5-18(6-8-19)14-25-17(3)11-16(2)23-25/h5-8,11-13H,4,9-10,14H2,1-3H3,(H,21,26). The first-order chi connectivity index (χ1) is 12.5. The molecule has 0 spiro atoms. The lowest BCUT2D eigenvalue weighted by Gasteiger charge is -2.08. The first-order valence-corrected chi connectivity index (χ1v) is 8.88. The third kappa shape index (κ3) is 4.59. The van der Waals surface area contributed by atoms with Crippen LogP contribution in [0.5, 0.6) is 0 Å². The van der Waals surface area contributed by atoms with Crippen LogP contribution in [-0.2, 0) is 13.1 Å². The molecule has 0 aliphatic rings. The summed E-state index contributed by atoms with van der Waals surface area (Å²) >= 11 is 0. The van der Waals surface area contributed by atoms with E-state index in [9.17, 15) is 4.79 Å². The Hall–Kier alpha value is -2.89. The van der Waals surface area contributed by atoms with E-state index in [1.165, 1.54) is 0 Å². The lowest BCUT2D eigenvalue weighted by Crippen LogP contribution is -2.25. The molecule has 2 heterocycles. The summed E-state index contributed by atoms with van der Waals surface area (Å²) in [6.45, 7) is 8.20. The summed E-state index contributed by atoms with van der Waals surface area (Å²) in [5.74, 6) is -0.0423. The van der Waals surface area contributed by atoms with Gasteiger partial charge in [-0.15, -0.1) is 0 Å². The number of carbonyl (C=O) groups is 1. The molecule has 0 saturated carbocycles. The third-order valence-corrected chi connectivity index (χ3v) is 4.26. The number of benzene rings is 1. The van der Waals surface area contributed by atoms with Gasteiger partial charge in [0.1, 0.15) is 0 Å². The van der Waals surface area contributed by atoms with E-state index in [0.717, 1.165) is 35.5 Å². The molecule has 0 bridgehead atoms. The maximum absolute atomic E-state index is 12.2.